The van der Waals surface area contributed by atoms with Crippen molar-refractivity contribution < 1.29 is 41.9 Å². The molecule has 0 fully saturated rings. The van der Waals surface area contributed by atoms with Crippen LogP contribution in [-0.4, -0.2) is 0 Å². The Bertz CT molecular complexity index is 118. The van der Waals surface area contributed by atoms with Gasteiger partial charge >= 0.3 is 17.1 Å². The van der Waals surface area contributed by atoms with E-state index in [2.05, 4.69) is 13.8 Å². The first-order valence-electron chi connectivity index (χ1n) is 8.41. The molecule has 0 aliphatic rings. The predicted octanol–water partition coefficient (Wildman–Crippen LogP) is 0.883. The third-order valence-electron chi connectivity index (χ3n) is 3.71. The number of hydrogen-bond acceptors (Lipinski definition) is 0. The summed E-state index contributed by atoms with van der Waals surface area (Å²) >= 11 is 0. The zero-order valence-electron chi connectivity index (χ0n) is 13.7. The molecule has 0 atom stereocenters. The third kappa shape index (κ3) is 27.4. The maximum Gasteiger partial charge on any atom is 2.00 e. The van der Waals surface area contributed by atoms with E-state index in [1.165, 1.54) is 96.3 Å². The van der Waals surface area contributed by atoms with Crippen LogP contribution in [0.15, 0.2) is 0 Å². The van der Waals surface area contributed by atoms with Gasteiger partial charge in [-0.1, -0.05) is 110 Å². The minimum Gasteiger partial charge on any atom is -1.00 e. The van der Waals surface area contributed by atoms with Crippen LogP contribution in [0.1, 0.15) is 110 Å². The van der Waals surface area contributed by atoms with Crippen LogP contribution in [0.3, 0.4) is 0 Å². The van der Waals surface area contributed by atoms with Gasteiger partial charge in [0.1, 0.15) is 0 Å². The smallest absolute Gasteiger partial charge is 1.00 e. The van der Waals surface area contributed by atoms with Crippen molar-refractivity contribution in [1.82, 2.24) is 0 Å². The largest absolute Gasteiger partial charge is 2.00 e. The maximum atomic E-state index is 2.29. The molecular weight excluding hydrogens is 330 g/mol. The molecule has 125 valence electrons. The molecule has 0 heterocycles. The minimum atomic E-state index is 0. The van der Waals surface area contributed by atoms with Gasteiger partial charge in [0.15, 0.2) is 0 Å². The van der Waals surface area contributed by atoms with Gasteiger partial charge in [0.05, 0.1) is 0 Å². The summed E-state index contributed by atoms with van der Waals surface area (Å²) in [7, 11) is 0. The van der Waals surface area contributed by atoms with Gasteiger partial charge < -0.3 is 24.8 Å². The summed E-state index contributed by atoms with van der Waals surface area (Å²) < 4.78 is 0. The van der Waals surface area contributed by atoms with E-state index in [0.29, 0.717) is 0 Å². The zero-order valence-corrected chi connectivity index (χ0v) is 16.4. The van der Waals surface area contributed by atoms with Gasteiger partial charge in [-0.25, -0.2) is 0 Å². The summed E-state index contributed by atoms with van der Waals surface area (Å²) in [6.07, 6.45) is 21.9. The fraction of sp³-hybridized carbons (Fsp3) is 1.00. The molecule has 0 unspecified atom stereocenters. The van der Waals surface area contributed by atoms with Gasteiger partial charge in [-0.15, -0.1) is 0 Å². The Morgan fingerprint density at radius 3 is 0.650 bits per heavy atom. The number of halogens is 2. The molecule has 1 radical (unpaired) electrons. The van der Waals surface area contributed by atoms with Gasteiger partial charge in [0.25, 0.3) is 0 Å². The average molecular weight is 366 g/mol. The Labute approximate surface area is 151 Å². The van der Waals surface area contributed by atoms with Crippen LogP contribution in [-0.2, 0) is 17.1 Å². The quantitative estimate of drug-likeness (QED) is 0.316. The Morgan fingerprint density at radius 2 is 0.500 bits per heavy atom. The summed E-state index contributed by atoms with van der Waals surface area (Å²) in [5, 5.41) is 0. The molecule has 0 amide bonds. The first-order chi connectivity index (χ1) is 8.41. The van der Waals surface area contributed by atoms with Gasteiger partial charge in [0.2, 0.25) is 0 Å². The van der Waals surface area contributed by atoms with Crippen molar-refractivity contribution in [2.24, 2.45) is 0 Å². The molecule has 0 N–H and O–H groups in total. The van der Waals surface area contributed by atoms with E-state index in [4.69, 9.17) is 0 Å². The van der Waals surface area contributed by atoms with Gasteiger partial charge in [-0.3, -0.25) is 0 Å². The molecule has 0 bridgehead atoms. The first-order valence-corrected chi connectivity index (χ1v) is 8.41. The average Bonchev–Trinajstić information content (AvgIpc) is 2.35. The molecule has 0 nitrogen and oxygen atoms in total. The fourth-order valence-corrected chi connectivity index (χ4v) is 2.44. The van der Waals surface area contributed by atoms with Crippen molar-refractivity contribution in [3.05, 3.63) is 0 Å². The normalized spacial score (nSPS) is 9.30. The van der Waals surface area contributed by atoms with Gasteiger partial charge in [-0.2, -0.15) is 0 Å². The topological polar surface area (TPSA) is 0 Å². The summed E-state index contributed by atoms with van der Waals surface area (Å²) in [5.74, 6) is 0. The molecule has 20 heavy (non-hydrogen) atoms. The fourth-order valence-electron chi connectivity index (χ4n) is 2.44. The third-order valence-corrected chi connectivity index (χ3v) is 3.71. The summed E-state index contributed by atoms with van der Waals surface area (Å²) in [6.45, 7) is 4.58. The van der Waals surface area contributed by atoms with Crippen molar-refractivity contribution >= 4 is 0 Å². The van der Waals surface area contributed by atoms with E-state index >= 15 is 0 Å². The molecule has 0 rings (SSSR count). The molecule has 3 heteroatoms. The van der Waals surface area contributed by atoms with Crippen LogP contribution in [0.25, 0.3) is 0 Å². The molecule has 0 saturated heterocycles. The second-order valence-electron chi connectivity index (χ2n) is 5.60. The van der Waals surface area contributed by atoms with Crippen molar-refractivity contribution in [3.8, 4) is 0 Å². The summed E-state index contributed by atoms with van der Waals surface area (Å²) in [6, 6.07) is 0. The number of unbranched alkanes of at least 4 members (excludes halogenated alkanes) is 14. The molecule has 0 aromatic rings. The predicted molar refractivity (Wildman–Crippen MR) is 80.6 cm³/mol. The van der Waals surface area contributed by atoms with E-state index in [9.17, 15) is 0 Å². The minimum absolute atomic E-state index is 0. The van der Waals surface area contributed by atoms with Crippen LogP contribution in [0.2, 0.25) is 0 Å². The van der Waals surface area contributed by atoms with Crippen molar-refractivity contribution in [2.45, 2.75) is 110 Å². The molecule has 0 aliphatic heterocycles. The Morgan fingerprint density at radius 1 is 0.350 bits per heavy atom. The van der Waals surface area contributed by atoms with E-state index in [1.54, 1.807) is 0 Å². The second kappa shape index (κ2) is 28.3. The first kappa shape index (κ1) is 29.2. The van der Waals surface area contributed by atoms with Crippen LogP contribution in [0, 0.1) is 0 Å². The van der Waals surface area contributed by atoms with E-state index in [1.807, 2.05) is 0 Å². The molecule has 0 saturated carbocycles. The zero-order chi connectivity index (χ0) is 12.6. The monoisotopic (exact) mass is 365 g/mol. The van der Waals surface area contributed by atoms with Crippen LogP contribution >= 0.6 is 0 Å². The standard InChI is InChI=1S/C17H36.2ClH.Mn/c1-3-5-7-9-11-13-15-17-16-14-12-10-8-6-4-2;;;/h3-17H2,1-2H3;2*1H;/q;;;+2/p-2. The number of rotatable bonds is 14. The maximum absolute atomic E-state index is 2.29. The molecule has 0 aromatic carbocycles. The molecular formula is C17H36Cl2Mn. The Kier molecular flexibility index (Phi) is 41.2. The summed E-state index contributed by atoms with van der Waals surface area (Å²) in [4.78, 5) is 0. The van der Waals surface area contributed by atoms with Crippen LogP contribution in [0.5, 0.6) is 0 Å². The molecule has 0 aromatic heterocycles. The SMILES string of the molecule is CCCCCCCCCCCCCCCCC.[Cl-].[Cl-].[Mn+2]. The van der Waals surface area contributed by atoms with Crippen LogP contribution < -0.4 is 24.8 Å². The van der Waals surface area contributed by atoms with Crippen molar-refractivity contribution in [2.75, 3.05) is 0 Å². The van der Waals surface area contributed by atoms with Gasteiger partial charge in [-0.05, 0) is 0 Å². The Hall–Kier alpha value is 1.10. The van der Waals surface area contributed by atoms with E-state index < -0.39 is 0 Å². The van der Waals surface area contributed by atoms with Gasteiger partial charge in [0, 0.05) is 0 Å². The van der Waals surface area contributed by atoms with Crippen LogP contribution in [0.4, 0.5) is 0 Å². The number of hydrogen-bond donors (Lipinski definition) is 0. The van der Waals surface area contributed by atoms with Crippen molar-refractivity contribution in [1.29, 1.82) is 0 Å². The van der Waals surface area contributed by atoms with E-state index in [0.717, 1.165) is 0 Å². The molecule has 0 aliphatic carbocycles. The Balaban J connectivity index is -0.000000427. The summed E-state index contributed by atoms with van der Waals surface area (Å²) in [5.41, 5.74) is 0. The van der Waals surface area contributed by atoms with E-state index in [-0.39, 0.29) is 41.9 Å². The second-order valence-corrected chi connectivity index (χ2v) is 5.60. The molecule has 0 spiro atoms. The van der Waals surface area contributed by atoms with Crippen molar-refractivity contribution in [3.63, 3.8) is 0 Å².